The first-order valence-electron chi connectivity index (χ1n) is 28.2. The summed E-state index contributed by atoms with van der Waals surface area (Å²) in [5, 5.41) is 31.4. The number of hydrogen-bond acceptors (Lipinski definition) is 13. The molecule has 0 radical (unpaired) electrons. The first-order chi connectivity index (χ1) is 36.6. The number of unbranched alkanes of at least 4 members (excludes halogenated alkanes) is 8. The second-order valence-corrected chi connectivity index (χ2v) is 19.8. The molecule has 0 saturated carbocycles. The molecule has 17 heteroatoms. The summed E-state index contributed by atoms with van der Waals surface area (Å²) in [6, 6.07) is 16.1. The van der Waals surface area contributed by atoms with E-state index in [4.69, 9.17) is 9.47 Å². The molecule has 0 fully saturated rings. The molecule has 4 rings (SSSR count). The van der Waals surface area contributed by atoms with Crippen LogP contribution in [0, 0.1) is 0 Å². The second kappa shape index (κ2) is 38.7. The number of nitrogens with one attached hydrogen (secondary N) is 9. The van der Waals surface area contributed by atoms with Crippen LogP contribution in [-0.4, -0.2) is 125 Å². The van der Waals surface area contributed by atoms with Gasteiger partial charge in [-0.25, -0.2) is 0 Å². The zero-order valence-corrected chi connectivity index (χ0v) is 46.0. The second-order valence-electron chi connectivity index (χ2n) is 19.8. The van der Waals surface area contributed by atoms with Gasteiger partial charge in [0.05, 0.1) is 36.6 Å². The van der Waals surface area contributed by atoms with Crippen LogP contribution in [0.2, 0.25) is 0 Å². The third kappa shape index (κ3) is 27.5. The average molecular weight is 1040 g/mol. The molecule has 2 aromatic carbocycles. The molecule has 0 aliphatic rings. The number of nitrogens with zero attached hydrogens (tertiary/aromatic N) is 2. The minimum absolute atomic E-state index is 0.0775. The molecule has 2 atom stereocenters. The highest BCUT2D eigenvalue weighted by atomic mass is 16.5. The zero-order valence-electron chi connectivity index (χ0n) is 46.0. The number of aromatic nitrogens is 2. The van der Waals surface area contributed by atoms with Gasteiger partial charge in [0, 0.05) is 99.2 Å². The summed E-state index contributed by atoms with van der Waals surface area (Å²) in [5.41, 5.74) is 3.67. The van der Waals surface area contributed by atoms with Crippen LogP contribution in [0.3, 0.4) is 0 Å². The van der Waals surface area contributed by atoms with Crippen molar-refractivity contribution in [2.24, 2.45) is 0 Å². The summed E-state index contributed by atoms with van der Waals surface area (Å²) in [7, 11) is 3.32. The smallest absolute Gasteiger partial charge is 0.220 e. The molecule has 75 heavy (non-hydrogen) atoms. The Morgan fingerprint density at radius 2 is 0.747 bits per heavy atom. The molecule has 0 saturated heterocycles. The largest absolute Gasteiger partial charge is 0.497 e. The van der Waals surface area contributed by atoms with E-state index in [9.17, 15) is 19.2 Å². The molecule has 2 aromatic heterocycles. The van der Waals surface area contributed by atoms with Crippen LogP contribution in [-0.2, 0) is 19.2 Å². The van der Waals surface area contributed by atoms with Gasteiger partial charge in [0.25, 0.3) is 0 Å². The molecule has 0 aliphatic carbocycles. The van der Waals surface area contributed by atoms with Crippen molar-refractivity contribution in [1.82, 2.24) is 47.2 Å². The number of amides is 4. The Kier molecular flexibility index (Phi) is 31.9. The molecule has 2 unspecified atom stereocenters. The summed E-state index contributed by atoms with van der Waals surface area (Å²) in [5.74, 6) is 1.21. The van der Waals surface area contributed by atoms with E-state index < -0.39 is 0 Å². The maximum absolute atomic E-state index is 12.3. The van der Waals surface area contributed by atoms with Gasteiger partial charge in [-0.15, -0.1) is 0 Å². The quantitative estimate of drug-likeness (QED) is 0.0191. The van der Waals surface area contributed by atoms with Gasteiger partial charge in [0.1, 0.15) is 11.5 Å². The molecule has 0 bridgehead atoms. The molecule has 9 N–H and O–H groups in total. The van der Waals surface area contributed by atoms with Crippen LogP contribution in [0.25, 0.3) is 21.8 Å². The standard InChI is InChI=1S/C58H93N11O6/c1-45(68-51-43-49(74-3)41-47-23-17-37-66-57(47)51)21-15-35-62-53(70)25-27-55(72)64-39-19-33-60-30-12-10-8-6-5-7-9-11-29-59-31-13-14-32-61-34-20-40-65-56(73)28-26-54(71)63-36-16-22-46(2)69-52-44-50(75-4)42-48-24-18-38-67-58(48)52/h17-18,23-24,37-38,41-46,59-61,68-69H,5-16,19-22,25-36,39-40H2,1-4H3,(H,62,70)(H,63,71)(H,64,72)(H,65,73). The molecule has 416 valence electrons. The van der Waals surface area contributed by atoms with Crippen LogP contribution in [0.4, 0.5) is 11.4 Å². The predicted octanol–water partition coefficient (Wildman–Crippen LogP) is 8.14. The fraction of sp³-hybridized carbons (Fsp3) is 0.621. The van der Waals surface area contributed by atoms with Crippen molar-refractivity contribution in [2.45, 2.75) is 154 Å². The van der Waals surface area contributed by atoms with Gasteiger partial charge in [0.15, 0.2) is 0 Å². The zero-order chi connectivity index (χ0) is 53.6. The first kappa shape index (κ1) is 61.8. The van der Waals surface area contributed by atoms with Gasteiger partial charge >= 0.3 is 0 Å². The van der Waals surface area contributed by atoms with Gasteiger partial charge in [-0.05, 0) is 142 Å². The van der Waals surface area contributed by atoms with E-state index >= 15 is 0 Å². The monoisotopic (exact) mass is 1040 g/mol. The lowest BCUT2D eigenvalue weighted by Gasteiger charge is -2.17. The SMILES string of the molecule is COc1cc(NC(C)CCCNC(=O)CCC(=O)NCCCNCCCCCCCCCCNCCCCNCCCNC(=O)CCC(=O)NCCCC(C)Nc2cc(OC)cc3cccnc23)c2ncccc2c1. The Bertz CT molecular complexity index is 2080. The number of carbonyl (C=O) groups is 4. The van der Waals surface area contributed by atoms with Gasteiger partial charge in [-0.3, -0.25) is 29.1 Å². The number of hydrogen-bond donors (Lipinski definition) is 9. The third-order valence-electron chi connectivity index (χ3n) is 13.2. The first-order valence-corrected chi connectivity index (χ1v) is 28.2. The van der Waals surface area contributed by atoms with Crippen molar-refractivity contribution >= 4 is 56.8 Å². The van der Waals surface area contributed by atoms with Crippen molar-refractivity contribution < 1.29 is 28.7 Å². The highest BCUT2D eigenvalue weighted by molar-refractivity contribution is 5.93. The van der Waals surface area contributed by atoms with E-state index in [0.29, 0.717) is 26.2 Å². The Labute approximate surface area is 448 Å². The number of anilines is 2. The Balaban J connectivity index is 0.805. The summed E-state index contributed by atoms with van der Waals surface area (Å²) in [4.78, 5) is 58.2. The number of methoxy groups -OCH3 is 2. The minimum Gasteiger partial charge on any atom is -0.497 e. The Morgan fingerprint density at radius 3 is 1.11 bits per heavy atom. The van der Waals surface area contributed by atoms with Crippen molar-refractivity contribution in [1.29, 1.82) is 0 Å². The van der Waals surface area contributed by atoms with Gasteiger partial charge in [-0.2, -0.15) is 0 Å². The lowest BCUT2D eigenvalue weighted by molar-refractivity contribution is -0.126. The molecule has 4 amide bonds. The lowest BCUT2D eigenvalue weighted by Crippen LogP contribution is -2.30. The summed E-state index contributed by atoms with van der Waals surface area (Å²) in [6.07, 6.45) is 21.9. The third-order valence-corrected chi connectivity index (χ3v) is 13.2. The maximum atomic E-state index is 12.3. The summed E-state index contributed by atoms with van der Waals surface area (Å²) in [6.45, 7) is 12.5. The molecule has 0 spiro atoms. The van der Waals surface area contributed by atoms with E-state index in [1.54, 1.807) is 26.6 Å². The topological polar surface area (TPSA) is 221 Å². The number of carbonyl (C=O) groups excluding carboxylic acids is 4. The van der Waals surface area contributed by atoms with E-state index in [0.717, 1.165) is 135 Å². The summed E-state index contributed by atoms with van der Waals surface area (Å²) >= 11 is 0. The van der Waals surface area contributed by atoms with E-state index in [-0.39, 0.29) is 61.4 Å². The number of rotatable bonds is 44. The molecular formula is C58H93N11O6. The van der Waals surface area contributed by atoms with Crippen molar-refractivity contribution in [3.8, 4) is 11.5 Å². The highest BCUT2D eigenvalue weighted by Crippen LogP contribution is 2.30. The van der Waals surface area contributed by atoms with Crippen LogP contribution in [0.15, 0.2) is 60.9 Å². The van der Waals surface area contributed by atoms with Crippen molar-refractivity contribution in [2.75, 3.05) is 90.3 Å². The maximum Gasteiger partial charge on any atom is 0.220 e. The highest BCUT2D eigenvalue weighted by Gasteiger charge is 2.13. The van der Waals surface area contributed by atoms with Crippen LogP contribution >= 0.6 is 0 Å². The lowest BCUT2D eigenvalue weighted by atomic mass is 10.1. The fourth-order valence-corrected chi connectivity index (χ4v) is 8.86. The van der Waals surface area contributed by atoms with Crippen molar-refractivity contribution in [3.05, 3.63) is 60.9 Å². The van der Waals surface area contributed by atoms with Gasteiger partial charge in [-0.1, -0.05) is 50.7 Å². The van der Waals surface area contributed by atoms with Crippen molar-refractivity contribution in [3.63, 3.8) is 0 Å². The van der Waals surface area contributed by atoms with Crippen LogP contribution < -0.4 is 57.3 Å². The van der Waals surface area contributed by atoms with Crippen LogP contribution in [0.5, 0.6) is 11.5 Å². The summed E-state index contributed by atoms with van der Waals surface area (Å²) < 4.78 is 10.9. The fourth-order valence-electron chi connectivity index (χ4n) is 8.86. The molecule has 2 heterocycles. The number of fused-ring (bicyclic) bond motifs is 2. The van der Waals surface area contributed by atoms with Crippen LogP contribution in [0.1, 0.15) is 142 Å². The number of benzene rings is 2. The average Bonchev–Trinajstić information content (AvgIpc) is 3.41. The number of ether oxygens (including phenoxy) is 2. The molecular weight excluding hydrogens is 947 g/mol. The molecule has 4 aromatic rings. The normalized spacial score (nSPS) is 12.0. The molecule has 17 nitrogen and oxygen atoms in total. The Hall–Kier alpha value is -5.78. The van der Waals surface area contributed by atoms with E-state index in [1.165, 1.54) is 51.4 Å². The predicted molar refractivity (Wildman–Crippen MR) is 306 cm³/mol. The molecule has 0 aliphatic heterocycles. The van der Waals surface area contributed by atoms with E-state index in [2.05, 4.69) is 71.7 Å². The van der Waals surface area contributed by atoms with Gasteiger partial charge in [0.2, 0.25) is 23.6 Å². The number of pyridine rings is 2. The Morgan fingerprint density at radius 1 is 0.427 bits per heavy atom. The van der Waals surface area contributed by atoms with Gasteiger partial charge < -0.3 is 57.3 Å². The van der Waals surface area contributed by atoms with E-state index in [1.807, 2.05) is 48.5 Å². The minimum atomic E-state index is -0.0951.